The van der Waals surface area contributed by atoms with Crippen LogP contribution in [-0.4, -0.2) is 4.57 Å². The first-order valence-electron chi connectivity index (χ1n) is 7.14. The van der Waals surface area contributed by atoms with Crippen molar-refractivity contribution < 1.29 is 0 Å². The molecule has 0 saturated carbocycles. The highest BCUT2D eigenvalue weighted by atomic mass is 32.1. The van der Waals surface area contributed by atoms with Crippen LogP contribution in [0, 0.1) is 6.92 Å². The molecule has 1 aromatic carbocycles. The van der Waals surface area contributed by atoms with Crippen LogP contribution >= 0.6 is 11.3 Å². The molecule has 0 radical (unpaired) electrons. The maximum Gasteiger partial charge on any atom is 0.255 e. The van der Waals surface area contributed by atoms with E-state index in [1.807, 2.05) is 60.8 Å². The van der Waals surface area contributed by atoms with Gasteiger partial charge in [0.1, 0.15) is 0 Å². The van der Waals surface area contributed by atoms with Crippen molar-refractivity contribution in [2.75, 3.05) is 0 Å². The van der Waals surface area contributed by atoms with E-state index in [9.17, 15) is 4.79 Å². The Balaban J connectivity index is 2.04. The highest BCUT2D eigenvalue weighted by Crippen LogP contribution is 2.25. The molecule has 1 unspecified atom stereocenters. The largest absolute Gasteiger partial charge is 0.320 e. The van der Waals surface area contributed by atoms with Crippen molar-refractivity contribution in [3.05, 3.63) is 81.0 Å². The minimum atomic E-state index is -0.406. The first kappa shape index (κ1) is 14.8. The van der Waals surface area contributed by atoms with Crippen molar-refractivity contribution in [3.63, 3.8) is 0 Å². The Labute approximate surface area is 133 Å². The second-order valence-corrected chi connectivity index (χ2v) is 6.35. The molecule has 2 N–H and O–H groups in total. The fourth-order valence-electron chi connectivity index (χ4n) is 2.52. The van der Waals surface area contributed by atoms with Crippen LogP contribution in [0.2, 0.25) is 0 Å². The molecule has 0 fully saturated rings. The monoisotopic (exact) mass is 310 g/mol. The van der Waals surface area contributed by atoms with Crippen molar-refractivity contribution in [1.82, 2.24) is 4.57 Å². The zero-order chi connectivity index (χ0) is 15.7. The number of hydrogen-bond acceptors (Lipinski definition) is 3. The van der Waals surface area contributed by atoms with Gasteiger partial charge in [0.25, 0.3) is 5.56 Å². The molecule has 3 nitrogen and oxygen atoms in total. The molecule has 0 aliphatic heterocycles. The van der Waals surface area contributed by atoms with Gasteiger partial charge in [-0.15, -0.1) is 11.3 Å². The number of rotatable bonds is 3. The summed E-state index contributed by atoms with van der Waals surface area (Å²) in [4.78, 5) is 13.7. The predicted molar refractivity (Wildman–Crippen MR) is 92.2 cm³/mol. The molecular weight excluding hydrogens is 292 g/mol. The van der Waals surface area contributed by atoms with Crippen LogP contribution < -0.4 is 11.3 Å². The van der Waals surface area contributed by atoms with Gasteiger partial charge in [-0.3, -0.25) is 4.79 Å². The lowest BCUT2D eigenvalue weighted by atomic mass is 9.99. The van der Waals surface area contributed by atoms with Gasteiger partial charge in [-0.25, -0.2) is 0 Å². The van der Waals surface area contributed by atoms with Gasteiger partial charge in [0.15, 0.2) is 0 Å². The number of aromatic nitrogens is 1. The molecule has 4 heteroatoms. The lowest BCUT2D eigenvalue weighted by molar-refractivity contribution is 0.790. The lowest BCUT2D eigenvalue weighted by Crippen LogP contribution is -2.27. The second-order valence-electron chi connectivity index (χ2n) is 5.40. The van der Waals surface area contributed by atoms with E-state index < -0.39 is 6.04 Å². The Morgan fingerprint density at radius 1 is 1.09 bits per heavy atom. The number of hydrogen-bond donors (Lipinski definition) is 1. The normalized spacial score (nSPS) is 12.3. The van der Waals surface area contributed by atoms with E-state index in [1.54, 1.807) is 23.0 Å². The molecule has 3 aromatic rings. The van der Waals surface area contributed by atoms with Gasteiger partial charge in [-0.1, -0.05) is 35.9 Å². The van der Waals surface area contributed by atoms with Crippen LogP contribution in [0.4, 0.5) is 0 Å². The number of aryl methyl sites for hydroxylation is 1. The molecule has 0 bridgehead atoms. The topological polar surface area (TPSA) is 48.0 Å². The summed E-state index contributed by atoms with van der Waals surface area (Å²) < 4.78 is 1.68. The van der Waals surface area contributed by atoms with Crippen LogP contribution in [0.25, 0.3) is 10.6 Å². The summed E-state index contributed by atoms with van der Waals surface area (Å²) in [7, 11) is 1.79. The van der Waals surface area contributed by atoms with Crippen molar-refractivity contribution in [2.24, 2.45) is 12.8 Å². The second kappa shape index (κ2) is 5.91. The molecule has 1 atom stereocenters. The number of benzene rings is 1. The van der Waals surface area contributed by atoms with Gasteiger partial charge < -0.3 is 10.3 Å². The summed E-state index contributed by atoms with van der Waals surface area (Å²) in [6.45, 7) is 2.03. The molecule has 3 rings (SSSR count). The average molecular weight is 310 g/mol. The maximum absolute atomic E-state index is 12.7. The number of nitrogens with two attached hydrogens (primary N) is 1. The summed E-state index contributed by atoms with van der Waals surface area (Å²) in [6.07, 6.45) is 0. The molecule has 112 valence electrons. The minimum absolute atomic E-state index is 0.0426. The minimum Gasteiger partial charge on any atom is -0.320 e. The first-order valence-corrected chi connectivity index (χ1v) is 8.02. The van der Waals surface area contributed by atoms with Crippen LogP contribution in [0.5, 0.6) is 0 Å². The summed E-state index contributed by atoms with van der Waals surface area (Å²) >= 11 is 1.62. The van der Waals surface area contributed by atoms with E-state index in [0.717, 1.165) is 16.1 Å². The third-order valence-corrected chi connectivity index (χ3v) is 4.77. The van der Waals surface area contributed by atoms with Gasteiger partial charge in [-0.2, -0.15) is 0 Å². The molecule has 0 saturated heterocycles. The summed E-state index contributed by atoms with van der Waals surface area (Å²) in [5.74, 6) is 0. The van der Waals surface area contributed by atoms with Crippen molar-refractivity contribution in [2.45, 2.75) is 13.0 Å². The zero-order valence-electron chi connectivity index (χ0n) is 12.6. The fraction of sp³-hybridized carbons (Fsp3) is 0.167. The quantitative estimate of drug-likeness (QED) is 0.805. The molecule has 0 amide bonds. The molecule has 2 aromatic heterocycles. The molecule has 0 aliphatic carbocycles. The van der Waals surface area contributed by atoms with E-state index in [1.165, 1.54) is 5.56 Å². The number of pyridine rings is 1. The Bertz CT molecular complexity index is 833. The SMILES string of the molecule is Cc1ccc(C(N)c2ccc(-c3cccs3)n(C)c2=O)cc1. The van der Waals surface area contributed by atoms with Crippen LogP contribution in [0.3, 0.4) is 0 Å². The molecule has 0 aliphatic rings. The van der Waals surface area contributed by atoms with Crippen molar-refractivity contribution in [1.29, 1.82) is 0 Å². The van der Waals surface area contributed by atoms with E-state index >= 15 is 0 Å². The summed E-state index contributed by atoms with van der Waals surface area (Å²) in [5.41, 5.74) is 9.91. The van der Waals surface area contributed by atoms with Crippen molar-refractivity contribution in [3.8, 4) is 10.6 Å². The Hall–Kier alpha value is -2.17. The van der Waals surface area contributed by atoms with E-state index in [0.29, 0.717) is 5.56 Å². The van der Waals surface area contributed by atoms with E-state index in [4.69, 9.17) is 5.73 Å². The third-order valence-electron chi connectivity index (χ3n) is 3.88. The smallest absolute Gasteiger partial charge is 0.255 e. The van der Waals surface area contributed by atoms with Gasteiger partial charge >= 0.3 is 0 Å². The lowest BCUT2D eigenvalue weighted by Gasteiger charge is -2.15. The van der Waals surface area contributed by atoms with Crippen LogP contribution in [0.15, 0.2) is 58.7 Å². The Morgan fingerprint density at radius 2 is 1.82 bits per heavy atom. The Kier molecular flexibility index (Phi) is 3.96. The van der Waals surface area contributed by atoms with E-state index in [2.05, 4.69) is 0 Å². The van der Waals surface area contributed by atoms with E-state index in [-0.39, 0.29) is 5.56 Å². The number of thiophene rings is 1. The van der Waals surface area contributed by atoms with Crippen LogP contribution in [-0.2, 0) is 7.05 Å². The van der Waals surface area contributed by atoms with Gasteiger partial charge in [0, 0.05) is 12.6 Å². The highest BCUT2D eigenvalue weighted by molar-refractivity contribution is 7.13. The molecular formula is C18H18N2OS. The van der Waals surface area contributed by atoms with Gasteiger partial charge in [-0.05, 0) is 36.1 Å². The fourth-order valence-corrected chi connectivity index (χ4v) is 3.30. The summed E-state index contributed by atoms with van der Waals surface area (Å²) in [5, 5.41) is 2.01. The highest BCUT2D eigenvalue weighted by Gasteiger charge is 2.15. The molecule has 0 spiro atoms. The maximum atomic E-state index is 12.7. The van der Waals surface area contributed by atoms with Gasteiger partial charge in [0.2, 0.25) is 0 Å². The number of nitrogens with zero attached hydrogens (tertiary/aromatic N) is 1. The average Bonchev–Trinajstić information content (AvgIpc) is 3.04. The first-order chi connectivity index (χ1) is 10.6. The molecule has 22 heavy (non-hydrogen) atoms. The summed E-state index contributed by atoms with van der Waals surface area (Å²) in [6, 6.07) is 15.4. The zero-order valence-corrected chi connectivity index (χ0v) is 13.4. The van der Waals surface area contributed by atoms with Gasteiger partial charge in [0.05, 0.1) is 16.6 Å². The standard InChI is InChI=1S/C18H18N2OS/c1-12-5-7-13(8-6-12)17(19)14-9-10-15(20(2)18(14)21)16-4-3-11-22-16/h3-11,17H,19H2,1-2H3. The Morgan fingerprint density at radius 3 is 2.45 bits per heavy atom. The predicted octanol–water partition coefficient (Wildman–Crippen LogP) is 3.47. The molecule has 2 heterocycles. The van der Waals surface area contributed by atoms with Crippen molar-refractivity contribution >= 4 is 11.3 Å². The van der Waals surface area contributed by atoms with Crippen LogP contribution in [0.1, 0.15) is 22.7 Å². The third kappa shape index (κ3) is 2.63.